The van der Waals surface area contributed by atoms with Crippen molar-refractivity contribution in [2.75, 3.05) is 10.6 Å². The molecule has 3 rings (SSSR count). The summed E-state index contributed by atoms with van der Waals surface area (Å²) in [5.41, 5.74) is 1.74. The number of amides is 2. The second kappa shape index (κ2) is 7.58. The van der Waals surface area contributed by atoms with Crippen LogP contribution < -0.4 is 10.6 Å². The summed E-state index contributed by atoms with van der Waals surface area (Å²) in [4.78, 5) is 29.4. The molecule has 2 amide bonds. The molecule has 7 heteroatoms. The fourth-order valence-corrected chi connectivity index (χ4v) is 3.62. The molecule has 0 unspecified atom stereocenters. The average molecular weight is 371 g/mol. The second-order valence-electron chi connectivity index (χ2n) is 5.69. The van der Waals surface area contributed by atoms with E-state index in [1.807, 2.05) is 31.4 Å². The Balaban J connectivity index is 1.64. The first-order valence-electron chi connectivity index (χ1n) is 7.74. The minimum Gasteiger partial charge on any atom is -0.326 e. The molecule has 3 aromatic rings. The predicted molar refractivity (Wildman–Crippen MR) is 103 cm³/mol. The van der Waals surface area contributed by atoms with Gasteiger partial charge in [-0.05, 0) is 35.7 Å². The number of hydrogen-bond donors (Lipinski definition) is 2. The van der Waals surface area contributed by atoms with E-state index in [4.69, 9.17) is 0 Å². The van der Waals surface area contributed by atoms with Gasteiger partial charge in [0.05, 0.1) is 4.88 Å². The van der Waals surface area contributed by atoms with Gasteiger partial charge in [0.15, 0.2) is 0 Å². The Kier molecular flexibility index (Phi) is 5.25. The van der Waals surface area contributed by atoms with Crippen LogP contribution in [0.4, 0.5) is 11.4 Å². The fourth-order valence-electron chi connectivity index (χ4n) is 2.01. The van der Waals surface area contributed by atoms with Gasteiger partial charge in [-0.2, -0.15) is 0 Å². The van der Waals surface area contributed by atoms with Crippen molar-refractivity contribution in [3.63, 3.8) is 0 Å². The molecule has 0 bridgehead atoms. The van der Waals surface area contributed by atoms with Gasteiger partial charge in [0, 0.05) is 22.7 Å². The standard InChI is InChI=1S/C18H17N3O2S2/c1-11(2)16(22)19-12-5-7-13(8-6-12)20-17(23)14-10-25-18(21-14)15-4-3-9-24-15/h3-11H,1-2H3,(H,19,22)(H,20,23). The number of thiophene rings is 1. The van der Waals surface area contributed by atoms with E-state index in [2.05, 4.69) is 15.6 Å². The third-order valence-corrected chi connectivity index (χ3v) is 5.28. The Morgan fingerprint density at radius 1 is 1.00 bits per heavy atom. The second-order valence-corrected chi connectivity index (χ2v) is 7.50. The zero-order valence-corrected chi connectivity index (χ0v) is 15.4. The van der Waals surface area contributed by atoms with E-state index in [1.165, 1.54) is 11.3 Å². The molecule has 0 aliphatic rings. The molecule has 0 atom stereocenters. The molecule has 25 heavy (non-hydrogen) atoms. The van der Waals surface area contributed by atoms with Crippen LogP contribution in [-0.2, 0) is 4.79 Å². The van der Waals surface area contributed by atoms with Crippen molar-refractivity contribution in [3.05, 3.63) is 52.9 Å². The zero-order chi connectivity index (χ0) is 17.8. The Labute approximate surface area is 153 Å². The van der Waals surface area contributed by atoms with Crippen molar-refractivity contribution < 1.29 is 9.59 Å². The largest absolute Gasteiger partial charge is 0.326 e. The normalized spacial score (nSPS) is 10.7. The number of nitrogens with zero attached hydrogens (tertiary/aromatic N) is 1. The Bertz CT molecular complexity index is 868. The van der Waals surface area contributed by atoms with Crippen molar-refractivity contribution in [1.29, 1.82) is 0 Å². The summed E-state index contributed by atoms with van der Waals surface area (Å²) in [7, 11) is 0. The molecule has 0 spiro atoms. The lowest BCUT2D eigenvalue weighted by Gasteiger charge is -2.09. The summed E-state index contributed by atoms with van der Waals surface area (Å²) >= 11 is 3.04. The summed E-state index contributed by atoms with van der Waals surface area (Å²) in [6, 6.07) is 11.0. The number of hydrogen-bond acceptors (Lipinski definition) is 5. The molecule has 0 saturated carbocycles. The van der Waals surface area contributed by atoms with Crippen LogP contribution in [0.3, 0.4) is 0 Å². The van der Waals surface area contributed by atoms with Gasteiger partial charge < -0.3 is 10.6 Å². The highest BCUT2D eigenvalue weighted by atomic mass is 32.1. The highest BCUT2D eigenvalue weighted by Crippen LogP contribution is 2.28. The van der Waals surface area contributed by atoms with Crippen LogP contribution >= 0.6 is 22.7 Å². The molecule has 5 nitrogen and oxygen atoms in total. The number of carbonyl (C=O) groups excluding carboxylic acids is 2. The van der Waals surface area contributed by atoms with E-state index in [0.717, 1.165) is 9.88 Å². The van der Waals surface area contributed by atoms with Crippen molar-refractivity contribution in [2.45, 2.75) is 13.8 Å². The number of rotatable bonds is 5. The molecule has 2 aromatic heterocycles. The van der Waals surface area contributed by atoms with Crippen LogP contribution in [0.2, 0.25) is 0 Å². The molecule has 0 aliphatic heterocycles. The highest BCUT2D eigenvalue weighted by molar-refractivity contribution is 7.20. The molecular weight excluding hydrogens is 354 g/mol. The Hall–Kier alpha value is -2.51. The molecule has 0 radical (unpaired) electrons. The molecule has 0 saturated heterocycles. The first-order chi connectivity index (χ1) is 12.0. The summed E-state index contributed by atoms with van der Waals surface area (Å²) < 4.78 is 0. The number of anilines is 2. The van der Waals surface area contributed by atoms with E-state index in [-0.39, 0.29) is 17.7 Å². The van der Waals surface area contributed by atoms with Gasteiger partial charge >= 0.3 is 0 Å². The molecular formula is C18H17N3O2S2. The smallest absolute Gasteiger partial charge is 0.275 e. The lowest BCUT2D eigenvalue weighted by molar-refractivity contribution is -0.118. The minimum absolute atomic E-state index is 0.0413. The summed E-state index contributed by atoms with van der Waals surface area (Å²) in [6.07, 6.45) is 0. The third-order valence-electron chi connectivity index (χ3n) is 3.40. The number of thiazole rings is 1. The van der Waals surface area contributed by atoms with E-state index in [9.17, 15) is 9.59 Å². The van der Waals surface area contributed by atoms with Crippen LogP contribution in [-0.4, -0.2) is 16.8 Å². The summed E-state index contributed by atoms with van der Waals surface area (Å²) in [5.74, 6) is -0.375. The monoisotopic (exact) mass is 371 g/mol. The van der Waals surface area contributed by atoms with Crippen molar-refractivity contribution in [1.82, 2.24) is 4.98 Å². The fraction of sp³-hybridized carbons (Fsp3) is 0.167. The molecule has 0 aliphatic carbocycles. The zero-order valence-electron chi connectivity index (χ0n) is 13.8. The maximum Gasteiger partial charge on any atom is 0.275 e. The van der Waals surface area contributed by atoms with Gasteiger partial charge in [0.1, 0.15) is 10.7 Å². The van der Waals surface area contributed by atoms with Crippen molar-refractivity contribution in [2.24, 2.45) is 5.92 Å². The van der Waals surface area contributed by atoms with Gasteiger partial charge in [-0.25, -0.2) is 4.98 Å². The van der Waals surface area contributed by atoms with Gasteiger partial charge in [0.2, 0.25) is 5.91 Å². The number of nitrogens with one attached hydrogen (secondary N) is 2. The molecule has 128 valence electrons. The Morgan fingerprint density at radius 2 is 1.68 bits per heavy atom. The minimum atomic E-state index is -0.252. The lowest BCUT2D eigenvalue weighted by Crippen LogP contribution is -2.17. The maximum absolute atomic E-state index is 12.3. The summed E-state index contributed by atoms with van der Waals surface area (Å²) in [6.45, 7) is 3.67. The van der Waals surface area contributed by atoms with Crippen LogP contribution in [0.25, 0.3) is 9.88 Å². The van der Waals surface area contributed by atoms with Crippen molar-refractivity contribution >= 4 is 45.9 Å². The Morgan fingerprint density at radius 3 is 2.28 bits per heavy atom. The lowest BCUT2D eigenvalue weighted by atomic mass is 10.2. The van der Waals surface area contributed by atoms with Crippen molar-refractivity contribution in [3.8, 4) is 9.88 Å². The van der Waals surface area contributed by atoms with E-state index < -0.39 is 0 Å². The average Bonchev–Trinajstić information content (AvgIpc) is 3.27. The third kappa shape index (κ3) is 4.32. The van der Waals surface area contributed by atoms with Gasteiger partial charge in [-0.1, -0.05) is 19.9 Å². The molecule has 0 fully saturated rings. The highest BCUT2D eigenvalue weighted by Gasteiger charge is 2.13. The first-order valence-corrected chi connectivity index (χ1v) is 9.50. The van der Waals surface area contributed by atoms with Crippen LogP contribution in [0.5, 0.6) is 0 Å². The molecule has 2 N–H and O–H groups in total. The molecule has 2 heterocycles. The predicted octanol–water partition coefficient (Wildman–Crippen LogP) is 4.72. The van der Waals surface area contributed by atoms with Crippen LogP contribution in [0.1, 0.15) is 24.3 Å². The van der Waals surface area contributed by atoms with E-state index in [0.29, 0.717) is 17.1 Å². The van der Waals surface area contributed by atoms with E-state index in [1.54, 1.807) is 41.0 Å². The van der Waals surface area contributed by atoms with E-state index >= 15 is 0 Å². The maximum atomic E-state index is 12.3. The number of aromatic nitrogens is 1. The topological polar surface area (TPSA) is 71.1 Å². The number of benzene rings is 1. The van der Waals surface area contributed by atoms with Gasteiger partial charge in [-0.15, -0.1) is 22.7 Å². The van der Waals surface area contributed by atoms with Crippen LogP contribution in [0.15, 0.2) is 47.2 Å². The van der Waals surface area contributed by atoms with Crippen LogP contribution in [0, 0.1) is 5.92 Å². The quantitative estimate of drug-likeness (QED) is 0.682. The summed E-state index contributed by atoms with van der Waals surface area (Å²) in [5, 5.41) is 10.2. The van der Waals surface area contributed by atoms with Gasteiger partial charge in [0.25, 0.3) is 5.91 Å². The first kappa shape index (κ1) is 17.3. The molecule has 1 aromatic carbocycles. The number of carbonyl (C=O) groups is 2. The van der Waals surface area contributed by atoms with Gasteiger partial charge in [-0.3, -0.25) is 9.59 Å². The SMILES string of the molecule is CC(C)C(=O)Nc1ccc(NC(=O)c2csc(-c3cccs3)n2)cc1.